The van der Waals surface area contributed by atoms with Crippen LogP contribution in [-0.4, -0.2) is 73.3 Å². The first-order valence-electron chi connectivity index (χ1n) is 14.2. The summed E-state index contributed by atoms with van der Waals surface area (Å²) < 4.78 is 35.5. The Hall–Kier alpha value is -2.78. The summed E-state index contributed by atoms with van der Waals surface area (Å²) in [5.41, 5.74) is -0.0676. The highest BCUT2D eigenvalue weighted by atomic mass is 16.7. The number of ether oxygens (including phenoxy) is 6. The molecule has 2 fully saturated rings. The number of rotatable bonds is 6. The third-order valence-corrected chi connectivity index (χ3v) is 9.14. The fraction of sp³-hybridized carbons (Fsp3) is 0.667. The zero-order valence-electron chi connectivity index (χ0n) is 23.4. The van der Waals surface area contributed by atoms with E-state index < -0.39 is 29.2 Å². The number of carbonyl (C=O) groups is 2. The van der Waals surface area contributed by atoms with Gasteiger partial charge in [-0.15, -0.1) is 0 Å². The van der Waals surface area contributed by atoms with Crippen LogP contribution in [0.4, 0.5) is 0 Å². The van der Waals surface area contributed by atoms with E-state index in [1.807, 2.05) is 13.8 Å². The molecule has 0 radical (unpaired) electrons. The summed E-state index contributed by atoms with van der Waals surface area (Å²) in [5, 5.41) is 0. The van der Waals surface area contributed by atoms with E-state index in [4.69, 9.17) is 28.4 Å². The van der Waals surface area contributed by atoms with Crippen LogP contribution >= 0.6 is 0 Å². The van der Waals surface area contributed by atoms with E-state index in [0.717, 1.165) is 56.5 Å². The molecule has 9 heteroatoms. The van der Waals surface area contributed by atoms with Gasteiger partial charge in [-0.3, -0.25) is 9.69 Å². The van der Waals surface area contributed by atoms with Gasteiger partial charge in [0.05, 0.1) is 37.2 Å². The van der Waals surface area contributed by atoms with Crippen LogP contribution in [0, 0.1) is 0 Å². The first-order chi connectivity index (χ1) is 18.7. The summed E-state index contributed by atoms with van der Waals surface area (Å²) >= 11 is 0. The molecule has 1 spiro atoms. The zero-order chi connectivity index (χ0) is 27.4. The Morgan fingerprint density at radius 1 is 1.08 bits per heavy atom. The first-order valence-corrected chi connectivity index (χ1v) is 14.2. The van der Waals surface area contributed by atoms with Crippen LogP contribution in [0.3, 0.4) is 0 Å². The number of hydrogen-bond acceptors (Lipinski definition) is 9. The van der Waals surface area contributed by atoms with Gasteiger partial charge in [-0.2, -0.15) is 0 Å². The van der Waals surface area contributed by atoms with Crippen molar-refractivity contribution in [2.24, 2.45) is 0 Å². The predicted molar refractivity (Wildman–Crippen MR) is 141 cm³/mol. The van der Waals surface area contributed by atoms with Gasteiger partial charge >= 0.3 is 11.9 Å². The van der Waals surface area contributed by atoms with Gasteiger partial charge in [-0.05, 0) is 95.2 Å². The molecule has 0 amide bonds. The van der Waals surface area contributed by atoms with Crippen molar-refractivity contribution in [1.82, 2.24) is 4.90 Å². The standard InChI is InChI=1S/C30H39NO8/c1-5-35-24(32)17-30(11-6-9-28(2,3)39-30)27(33)38-26-23(34-4)16-29-10-7-12-31(29)13-8-19-14-21-22(37-18-36-21)15-20(19)25(26)29/h14-16,25-26H,5-13,17-18H2,1-4H3. The molecule has 4 heterocycles. The average Bonchev–Trinajstić information content (AvgIpc) is 3.57. The molecule has 1 aromatic carbocycles. The van der Waals surface area contributed by atoms with Gasteiger partial charge in [-0.1, -0.05) is 0 Å². The van der Waals surface area contributed by atoms with E-state index in [9.17, 15) is 9.59 Å². The number of hydrogen-bond donors (Lipinski definition) is 0. The van der Waals surface area contributed by atoms with Crippen molar-refractivity contribution in [3.8, 4) is 11.5 Å². The molecule has 9 nitrogen and oxygen atoms in total. The van der Waals surface area contributed by atoms with E-state index in [2.05, 4.69) is 23.1 Å². The average molecular weight is 542 g/mol. The molecule has 1 aliphatic carbocycles. The van der Waals surface area contributed by atoms with Crippen LogP contribution in [0.15, 0.2) is 24.0 Å². The van der Waals surface area contributed by atoms with Crippen molar-refractivity contribution in [2.75, 3.05) is 33.6 Å². The highest BCUT2D eigenvalue weighted by Gasteiger charge is 2.60. The SMILES string of the molecule is CCOC(=O)CC1(C(=O)OC2C(OC)=CC34CCCN3CCc3cc5c(cc3C24)OCO5)CCCC(C)(C)O1. The van der Waals surface area contributed by atoms with Gasteiger partial charge in [0, 0.05) is 6.54 Å². The number of nitrogens with zero attached hydrogens (tertiary/aromatic N) is 1. The number of carbonyl (C=O) groups excluding carboxylic acids is 2. The first kappa shape index (κ1) is 26.4. The molecule has 1 aromatic rings. The maximum absolute atomic E-state index is 14.2. The van der Waals surface area contributed by atoms with Gasteiger partial charge < -0.3 is 28.4 Å². The normalized spacial score (nSPS) is 32.4. The molecule has 0 saturated carbocycles. The second-order valence-electron chi connectivity index (χ2n) is 12.0. The molecular formula is C30H39NO8. The summed E-state index contributed by atoms with van der Waals surface area (Å²) in [6, 6.07) is 4.14. The van der Waals surface area contributed by atoms with Gasteiger partial charge in [0.15, 0.2) is 23.2 Å². The third kappa shape index (κ3) is 4.38. The van der Waals surface area contributed by atoms with Crippen LogP contribution in [0.5, 0.6) is 11.5 Å². The molecule has 0 bridgehead atoms. The van der Waals surface area contributed by atoms with E-state index in [-0.39, 0.29) is 31.3 Å². The molecule has 212 valence electrons. The fourth-order valence-corrected chi connectivity index (χ4v) is 7.53. The van der Waals surface area contributed by atoms with Crippen LogP contribution < -0.4 is 9.47 Å². The Bertz CT molecular complexity index is 1190. The molecule has 2 saturated heterocycles. The maximum atomic E-state index is 14.2. The Kier molecular flexibility index (Phi) is 6.57. The van der Waals surface area contributed by atoms with E-state index >= 15 is 0 Å². The molecule has 0 aromatic heterocycles. The molecule has 6 rings (SSSR count). The monoisotopic (exact) mass is 541 g/mol. The van der Waals surface area contributed by atoms with Crippen molar-refractivity contribution >= 4 is 11.9 Å². The van der Waals surface area contributed by atoms with Crippen molar-refractivity contribution in [3.63, 3.8) is 0 Å². The van der Waals surface area contributed by atoms with Gasteiger partial charge in [0.1, 0.15) is 5.76 Å². The highest BCUT2D eigenvalue weighted by Crippen LogP contribution is 2.56. The molecule has 39 heavy (non-hydrogen) atoms. The number of esters is 2. The molecule has 4 atom stereocenters. The third-order valence-electron chi connectivity index (χ3n) is 9.14. The summed E-state index contributed by atoms with van der Waals surface area (Å²) in [4.78, 5) is 29.4. The summed E-state index contributed by atoms with van der Waals surface area (Å²) in [5.74, 6) is 0.899. The minimum atomic E-state index is -1.42. The second kappa shape index (κ2) is 9.70. The summed E-state index contributed by atoms with van der Waals surface area (Å²) in [6.07, 6.45) is 6.09. The largest absolute Gasteiger partial charge is 0.497 e. The topological polar surface area (TPSA) is 92.8 Å². The van der Waals surface area contributed by atoms with Crippen molar-refractivity contribution in [1.29, 1.82) is 0 Å². The lowest BCUT2D eigenvalue weighted by atomic mass is 9.77. The summed E-state index contributed by atoms with van der Waals surface area (Å²) in [6.45, 7) is 7.95. The lowest BCUT2D eigenvalue weighted by Crippen LogP contribution is -2.54. The lowest BCUT2D eigenvalue weighted by molar-refractivity contribution is -0.216. The van der Waals surface area contributed by atoms with Gasteiger partial charge in [-0.25, -0.2) is 4.79 Å². The predicted octanol–water partition coefficient (Wildman–Crippen LogP) is 4.02. The number of fused-ring (bicyclic) bond motifs is 3. The number of methoxy groups -OCH3 is 1. The maximum Gasteiger partial charge on any atom is 0.339 e. The van der Waals surface area contributed by atoms with Gasteiger partial charge in [0.25, 0.3) is 0 Å². The lowest BCUT2D eigenvalue weighted by Gasteiger charge is -2.44. The molecular weight excluding hydrogens is 502 g/mol. The van der Waals surface area contributed by atoms with E-state index in [0.29, 0.717) is 17.9 Å². The van der Waals surface area contributed by atoms with Crippen LogP contribution in [0.25, 0.3) is 0 Å². The second-order valence-corrected chi connectivity index (χ2v) is 12.0. The number of benzene rings is 1. The molecule has 4 aliphatic heterocycles. The van der Waals surface area contributed by atoms with Crippen molar-refractivity contribution < 1.29 is 38.0 Å². The van der Waals surface area contributed by atoms with E-state index in [1.54, 1.807) is 14.0 Å². The van der Waals surface area contributed by atoms with Crippen molar-refractivity contribution in [3.05, 3.63) is 35.1 Å². The Morgan fingerprint density at radius 2 is 1.87 bits per heavy atom. The van der Waals surface area contributed by atoms with E-state index in [1.165, 1.54) is 5.56 Å². The minimum absolute atomic E-state index is 0.181. The van der Waals surface area contributed by atoms with Crippen molar-refractivity contribution in [2.45, 2.75) is 94.5 Å². The molecule has 4 unspecified atom stereocenters. The Balaban J connectivity index is 1.40. The fourth-order valence-electron chi connectivity index (χ4n) is 7.53. The highest BCUT2D eigenvalue weighted by molar-refractivity contribution is 5.86. The Morgan fingerprint density at radius 3 is 2.62 bits per heavy atom. The zero-order valence-corrected chi connectivity index (χ0v) is 23.4. The van der Waals surface area contributed by atoms with Crippen LogP contribution in [-0.2, 0) is 35.0 Å². The van der Waals surface area contributed by atoms with Crippen LogP contribution in [0.2, 0.25) is 0 Å². The molecule has 5 aliphatic rings. The smallest absolute Gasteiger partial charge is 0.339 e. The summed E-state index contributed by atoms with van der Waals surface area (Å²) in [7, 11) is 1.63. The van der Waals surface area contributed by atoms with Crippen LogP contribution in [0.1, 0.15) is 76.3 Å². The quantitative estimate of drug-likeness (QED) is 0.495. The Labute approximate surface area is 229 Å². The van der Waals surface area contributed by atoms with Gasteiger partial charge in [0.2, 0.25) is 6.79 Å². The minimum Gasteiger partial charge on any atom is -0.497 e. The molecule has 0 N–H and O–H groups in total.